The van der Waals surface area contributed by atoms with E-state index >= 15 is 0 Å². The number of piperidine rings is 1. The van der Waals surface area contributed by atoms with Crippen molar-refractivity contribution in [2.75, 3.05) is 19.7 Å². The number of rotatable bonds is 6. The number of halogens is 1. The lowest BCUT2D eigenvalue weighted by Gasteiger charge is -2.32. The average Bonchev–Trinajstić information content (AvgIpc) is 2.61. The van der Waals surface area contributed by atoms with Crippen molar-refractivity contribution in [3.05, 3.63) is 34.9 Å². The number of carbonyl (C=O) groups excluding carboxylic acids is 3. The van der Waals surface area contributed by atoms with Crippen LogP contribution < -0.4 is 5.32 Å². The van der Waals surface area contributed by atoms with Crippen LogP contribution in [-0.4, -0.2) is 48.4 Å². The Morgan fingerprint density at radius 2 is 1.88 bits per heavy atom. The predicted molar refractivity (Wildman–Crippen MR) is 94.4 cm³/mol. The fourth-order valence-electron chi connectivity index (χ4n) is 2.78. The second kappa shape index (κ2) is 9.42. The van der Waals surface area contributed by atoms with Gasteiger partial charge in [-0.15, -0.1) is 0 Å². The molecule has 0 unspecified atom stereocenters. The smallest absolute Gasteiger partial charge is 0.306 e. The number of hydrogen-bond donors (Lipinski definition) is 1. The number of hydrogen-bond acceptors (Lipinski definition) is 4. The third-order valence-electron chi connectivity index (χ3n) is 4.15. The number of likely N-dealkylation sites (tertiary alicyclic amines) is 1. The van der Waals surface area contributed by atoms with Gasteiger partial charge in [0, 0.05) is 25.6 Å². The number of benzene rings is 1. The molecule has 0 aromatic heterocycles. The summed E-state index contributed by atoms with van der Waals surface area (Å²) in [5.74, 6) is -0.598. The Bertz CT molecular complexity index is 627. The van der Waals surface area contributed by atoms with Crippen molar-refractivity contribution in [1.29, 1.82) is 0 Å². The van der Waals surface area contributed by atoms with Gasteiger partial charge in [0.05, 0.1) is 23.6 Å². The SMILES string of the molecule is CCOC(=O)CCC(=O)N1CCC(NC(=O)c2ccccc2Cl)CC1. The normalized spacial score (nSPS) is 14.9. The highest BCUT2D eigenvalue weighted by Crippen LogP contribution is 2.17. The quantitative estimate of drug-likeness (QED) is 0.784. The Kier molecular flexibility index (Phi) is 7.25. The topological polar surface area (TPSA) is 75.7 Å². The third kappa shape index (κ3) is 5.74. The largest absolute Gasteiger partial charge is 0.466 e. The van der Waals surface area contributed by atoms with Crippen LogP contribution in [0.25, 0.3) is 0 Å². The molecule has 25 heavy (non-hydrogen) atoms. The van der Waals surface area contributed by atoms with E-state index < -0.39 is 0 Å². The molecule has 1 aliphatic rings. The Morgan fingerprint density at radius 1 is 1.20 bits per heavy atom. The van der Waals surface area contributed by atoms with Gasteiger partial charge in [-0.25, -0.2) is 0 Å². The minimum absolute atomic E-state index is 0.0119. The van der Waals surface area contributed by atoms with Gasteiger partial charge in [0.25, 0.3) is 5.91 Å². The molecule has 1 saturated heterocycles. The first-order valence-electron chi connectivity index (χ1n) is 8.50. The van der Waals surface area contributed by atoms with Crippen LogP contribution in [0.5, 0.6) is 0 Å². The summed E-state index contributed by atoms with van der Waals surface area (Å²) in [5, 5.41) is 3.39. The lowest BCUT2D eigenvalue weighted by atomic mass is 10.0. The standard InChI is InChI=1S/C18H23ClN2O4/c1-2-25-17(23)8-7-16(22)21-11-9-13(10-12-21)20-18(24)14-5-3-4-6-15(14)19/h3-6,13H,2,7-12H2,1H3,(H,20,24). The van der Waals surface area contributed by atoms with E-state index in [-0.39, 0.29) is 36.7 Å². The monoisotopic (exact) mass is 366 g/mol. The summed E-state index contributed by atoms with van der Waals surface area (Å²) in [6.45, 7) is 3.19. The van der Waals surface area contributed by atoms with Crippen molar-refractivity contribution in [2.24, 2.45) is 0 Å². The summed E-state index contributed by atoms with van der Waals surface area (Å²) < 4.78 is 4.82. The predicted octanol–water partition coefficient (Wildman–Crippen LogP) is 2.40. The molecule has 0 aliphatic carbocycles. The van der Waals surface area contributed by atoms with Crippen molar-refractivity contribution in [3.63, 3.8) is 0 Å². The molecule has 2 rings (SSSR count). The molecule has 0 atom stereocenters. The van der Waals surface area contributed by atoms with Gasteiger partial charge in [-0.1, -0.05) is 23.7 Å². The van der Waals surface area contributed by atoms with Gasteiger partial charge in [0.1, 0.15) is 0 Å². The molecule has 0 radical (unpaired) electrons. The first-order valence-corrected chi connectivity index (χ1v) is 8.87. The lowest BCUT2D eigenvalue weighted by Crippen LogP contribution is -2.46. The van der Waals surface area contributed by atoms with Gasteiger partial charge in [0.2, 0.25) is 5.91 Å². The van der Waals surface area contributed by atoms with Crippen molar-refractivity contribution in [3.8, 4) is 0 Å². The molecule has 1 aliphatic heterocycles. The summed E-state index contributed by atoms with van der Waals surface area (Å²) in [6.07, 6.45) is 1.63. The molecular formula is C18H23ClN2O4. The summed E-state index contributed by atoms with van der Waals surface area (Å²) in [4.78, 5) is 37.4. The number of amides is 2. The number of nitrogens with one attached hydrogen (secondary N) is 1. The van der Waals surface area contributed by atoms with Crippen molar-refractivity contribution in [2.45, 2.75) is 38.6 Å². The molecule has 0 saturated carbocycles. The van der Waals surface area contributed by atoms with Gasteiger partial charge in [-0.3, -0.25) is 14.4 Å². The van der Waals surface area contributed by atoms with E-state index in [0.29, 0.717) is 43.1 Å². The van der Waals surface area contributed by atoms with E-state index in [1.54, 1.807) is 36.1 Å². The first-order chi connectivity index (χ1) is 12.0. The molecule has 1 N–H and O–H groups in total. The van der Waals surface area contributed by atoms with E-state index in [2.05, 4.69) is 5.32 Å². The van der Waals surface area contributed by atoms with Gasteiger partial charge in [-0.05, 0) is 31.9 Å². The Labute approximate surface area is 152 Å². The Morgan fingerprint density at radius 3 is 2.52 bits per heavy atom. The highest BCUT2D eigenvalue weighted by atomic mass is 35.5. The van der Waals surface area contributed by atoms with Gasteiger partial charge in [0.15, 0.2) is 0 Å². The number of ether oxygens (including phenoxy) is 1. The van der Waals surface area contributed by atoms with Crippen LogP contribution in [0.2, 0.25) is 5.02 Å². The van der Waals surface area contributed by atoms with Crippen LogP contribution in [0.1, 0.15) is 43.0 Å². The van der Waals surface area contributed by atoms with Crippen molar-refractivity contribution in [1.82, 2.24) is 10.2 Å². The second-order valence-corrected chi connectivity index (χ2v) is 6.32. The minimum atomic E-state index is -0.349. The fourth-order valence-corrected chi connectivity index (χ4v) is 3.00. The minimum Gasteiger partial charge on any atom is -0.466 e. The Hall–Kier alpha value is -2.08. The van der Waals surface area contributed by atoms with E-state index in [1.165, 1.54) is 0 Å². The van der Waals surface area contributed by atoms with E-state index in [1.807, 2.05) is 0 Å². The fraction of sp³-hybridized carbons (Fsp3) is 0.500. The van der Waals surface area contributed by atoms with Crippen LogP contribution in [0, 0.1) is 0 Å². The third-order valence-corrected chi connectivity index (χ3v) is 4.48. The van der Waals surface area contributed by atoms with Gasteiger partial charge < -0.3 is 15.0 Å². The molecule has 7 heteroatoms. The van der Waals surface area contributed by atoms with Crippen LogP contribution in [0.15, 0.2) is 24.3 Å². The summed E-state index contributed by atoms with van der Waals surface area (Å²) in [6, 6.07) is 6.93. The maximum Gasteiger partial charge on any atom is 0.306 e. The molecule has 136 valence electrons. The average molecular weight is 367 g/mol. The highest BCUT2D eigenvalue weighted by molar-refractivity contribution is 6.33. The zero-order chi connectivity index (χ0) is 18.2. The van der Waals surface area contributed by atoms with Crippen LogP contribution >= 0.6 is 11.6 Å². The van der Waals surface area contributed by atoms with Gasteiger partial charge >= 0.3 is 5.97 Å². The summed E-state index contributed by atoms with van der Waals surface area (Å²) in [7, 11) is 0. The maximum atomic E-state index is 12.3. The summed E-state index contributed by atoms with van der Waals surface area (Å²) >= 11 is 6.03. The lowest BCUT2D eigenvalue weighted by molar-refractivity contribution is -0.145. The van der Waals surface area contributed by atoms with E-state index in [4.69, 9.17) is 16.3 Å². The number of carbonyl (C=O) groups is 3. The molecule has 6 nitrogen and oxygen atoms in total. The highest BCUT2D eigenvalue weighted by Gasteiger charge is 2.24. The zero-order valence-corrected chi connectivity index (χ0v) is 15.1. The molecule has 1 fully saturated rings. The van der Waals surface area contributed by atoms with E-state index in [0.717, 1.165) is 0 Å². The van der Waals surface area contributed by atoms with Crippen LogP contribution in [0.3, 0.4) is 0 Å². The van der Waals surface area contributed by atoms with E-state index in [9.17, 15) is 14.4 Å². The molecule has 2 amide bonds. The van der Waals surface area contributed by atoms with Crippen molar-refractivity contribution >= 4 is 29.4 Å². The zero-order valence-electron chi connectivity index (χ0n) is 14.3. The maximum absolute atomic E-state index is 12.3. The second-order valence-electron chi connectivity index (χ2n) is 5.91. The first kappa shape index (κ1) is 19.2. The molecule has 1 heterocycles. The van der Waals surface area contributed by atoms with Gasteiger partial charge in [-0.2, -0.15) is 0 Å². The molecular weight excluding hydrogens is 344 g/mol. The number of nitrogens with zero attached hydrogens (tertiary/aromatic N) is 1. The van der Waals surface area contributed by atoms with Crippen LogP contribution in [0.4, 0.5) is 0 Å². The Balaban J connectivity index is 1.76. The molecule has 1 aromatic carbocycles. The molecule has 1 aromatic rings. The van der Waals surface area contributed by atoms with Crippen molar-refractivity contribution < 1.29 is 19.1 Å². The molecule has 0 spiro atoms. The number of esters is 1. The van der Waals surface area contributed by atoms with Crippen LogP contribution in [-0.2, 0) is 14.3 Å². The summed E-state index contributed by atoms with van der Waals surface area (Å²) in [5.41, 5.74) is 0.456. The molecule has 0 bridgehead atoms.